The largest absolute Gasteiger partial charge is 0.292 e. The molecule has 0 atom stereocenters. The molecule has 0 saturated carbocycles. The minimum Gasteiger partial charge on any atom is -0.292 e. The molecule has 0 aromatic carbocycles. The monoisotopic (exact) mass is 285 g/mol. The Hall–Kier alpha value is -2.81. The van der Waals surface area contributed by atoms with Crippen molar-refractivity contribution in [1.82, 2.24) is 34.5 Å². The van der Waals surface area contributed by atoms with Crippen molar-refractivity contribution in [3.63, 3.8) is 0 Å². The molecule has 3 aromatic heterocycles. The van der Waals surface area contributed by atoms with Gasteiger partial charge in [0.05, 0.1) is 5.69 Å². The lowest BCUT2D eigenvalue weighted by atomic mass is 10.2. The van der Waals surface area contributed by atoms with Gasteiger partial charge in [0.1, 0.15) is 0 Å². The number of nitrogens with two attached hydrogens (primary N) is 1. The number of aryl methyl sites for hydroxylation is 1. The van der Waals surface area contributed by atoms with Crippen LogP contribution in [-0.4, -0.2) is 34.5 Å². The minimum atomic E-state index is 0.246. The zero-order chi connectivity index (χ0) is 15.0. The molecule has 21 heavy (non-hydrogen) atoms. The molecule has 3 N–H and O–H groups in total. The fraction of sp³-hybridized carbons (Fsp3) is 0.250. The zero-order valence-electron chi connectivity index (χ0n) is 11.9. The zero-order valence-corrected chi connectivity index (χ0v) is 11.9. The van der Waals surface area contributed by atoms with Gasteiger partial charge in [-0.1, -0.05) is 0 Å². The number of hydrogen-bond donors (Lipinski definition) is 2. The summed E-state index contributed by atoms with van der Waals surface area (Å²) in [6.07, 6.45) is 3.39. The number of nitrogen functional groups attached to an aromatic ring is 1. The van der Waals surface area contributed by atoms with Gasteiger partial charge in [0, 0.05) is 18.1 Å². The Morgan fingerprint density at radius 3 is 2.43 bits per heavy atom. The summed E-state index contributed by atoms with van der Waals surface area (Å²) in [4.78, 5) is 12.8. The molecule has 0 aliphatic heterocycles. The standard InChI is InChI=1S/C12H15N9/c1-7-8(2)19-21(9(7)3)12-16-10(18-13)15-11(17-12)20-6-4-5-14-20/h4-6H,13H2,1-3H3,(H,15,16,17,18). The van der Waals surface area contributed by atoms with E-state index < -0.39 is 0 Å². The van der Waals surface area contributed by atoms with Gasteiger partial charge in [0.2, 0.25) is 5.95 Å². The fourth-order valence-electron chi connectivity index (χ4n) is 1.92. The van der Waals surface area contributed by atoms with Gasteiger partial charge in [-0.25, -0.2) is 15.2 Å². The Bertz CT molecular complexity index is 772. The summed E-state index contributed by atoms with van der Waals surface area (Å²) in [7, 11) is 0. The first kappa shape index (κ1) is 13.2. The van der Waals surface area contributed by atoms with E-state index in [0.717, 1.165) is 17.0 Å². The third-order valence-corrected chi connectivity index (χ3v) is 3.29. The number of hydrazine groups is 1. The molecule has 0 aliphatic rings. The van der Waals surface area contributed by atoms with Gasteiger partial charge in [0.15, 0.2) is 0 Å². The first-order chi connectivity index (χ1) is 10.1. The van der Waals surface area contributed by atoms with E-state index in [-0.39, 0.29) is 5.95 Å². The van der Waals surface area contributed by atoms with Gasteiger partial charge >= 0.3 is 0 Å². The second-order valence-electron chi connectivity index (χ2n) is 4.56. The Morgan fingerprint density at radius 2 is 1.86 bits per heavy atom. The normalized spacial score (nSPS) is 10.9. The van der Waals surface area contributed by atoms with Crippen LogP contribution in [0.2, 0.25) is 0 Å². The fourth-order valence-corrected chi connectivity index (χ4v) is 1.92. The van der Waals surface area contributed by atoms with Gasteiger partial charge in [0.25, 0.3) is 11.9 Å². The first-order valence-electron chi connectivity index (χ1n) is 6.36. The first-order valence-corrected chi connectivity index (χ1v) is 6.36. The van der Waals surface area contributed by atoms with Crippen molar-refractivity contribution in [3.8, 4) is 11.9 Å². The molecule has 9 nitrogen and oxygen atoms in total. The minimum absolute atomic E-state index is 0.246. The van der Waals surface area contributed by atoms with Gasteiger partial charge in [-0.3, -0.25) is 5.43 Å². The van der Waals surface area contributed by atoms with E-state index >= 15 is 0 Å². The number of nitrogens with one attached hydrogen (secondary N) is 1. The lowest BCUT2D eigenvalue weighted by molar-refractivity contribution is 0.730. The van der Waals surface area contributed by atoms with E-state index in [1.54, 1.807) is 23.1 Å². The Morgan fingerprint density at radius 1 is 1.10 bits per heavy atom. The van der Waals surface area contributed by atoms with Crippen LogP contribution in [0.3, 0.4) is 0 Å². The highest BCUT2D eigenvalue weighted by molar-refractivity contribution is 5.34. The van der Waals surface area contributed by atoms with Crippen LogP contribution in [-0.2, 0) is 0 Å². The predicted octanol–water partition coefficient (Wildman–Crippen LogP) is 0.454. The molecule has 0 amide bonds. The molecule has 0 fully saturated rings. The van der Waals surface area contributed by atoms with Crippen molar-refractivity contribution in [2.45, 2.75) is 20.8 Å². The lowest BCUT2D eigenvalue weighted by Crippen LogP contribution is -2.17. The van der Waals surface area contributed by atoms with Gasteiger partial charge in [-0.15, -0.1) is 0 Å². The summed E-state index contributed by atoms with van der Waals surface area (Å²) in [5.41, 5.74) is 5.42. The number of anilines is 1. The molecule has 0 aliphatic carbocycles. The summed E-state index contributed by atoms with van der Waals surface area (Å²) < 4.78 is 3.20. The molecular formula is C12H15N9. The van der Waals surface area contributed by atoms with Crippen molar-refractivity contribution >= 4 is 5.95 Å². The summed E-state index contributed by atoms with van der Waals surface area (Å²) in [6.45, 7) is 5.91. The van der Waals surface area contributed by atoms with Crippen LogP contribution < -0.4 is 11.3 Å². The smallest absolute Gasteiger partial charge is 0.257 e. The molecule has 9 heteroatoms. The Balaban J connectivity index is 2.18. The van der Waals surface area contributed by atoms with Crippen molar-refractivity contribution in [2.24, 2.45) is 5.84 Å². The van der Waals surface area contributed by atoms with E-state index in [1.807, 2.05) is 20.8 Å². The molecule has 3 rings (SSSR count). The molecule has 3 heterocycles. The van der Waals surface area contributed by atoms with Crippen LogP contribution in [0.1, 0.15) is 17.0 Å². The lowest BCUT2D eigenvalue weighted by Gasteiger charge is -2.07. The summed E-state index contributed by atoms with van der Waals surface area (Å²) in [5, 5.41) is 8.55. The van der Waals surface area contributed by atoms with Crippen LogP contribution in [0.15, 0.2) is 18.5 Å². The quantitative estimate of drug-likeness (QED) is 0.530. The van der Waals surface area contributed by atoms with Crippen LogP contribution in [0, 0.1) is 20.8 Å². The molecule has 3 aromatic rings. The molecule has 108 valence electrons. The van der Waals surface area contributed by atoms with Crippen molar-refractivity contribution < 1.29 is 0 Å². The van der Waals surface area contributed by atoms with E-state index in [4.69, 9.17) is 5.84 Å². The van der Waals surface area contributed by atoms with E-state index in [9.17, 15) is 0 Å². The highest BCUT2D eigenvalue weighted by Gasteiger charge is 2.14. The molecule has 0 spiro atoms. The predicted molar refractivity (Wildman–Crippen MR) is 76.1 cm³/mol. The van der Waals surface area contributed by atoms with E-state index in [2.05, 4.69) is 30.6 Å². The Kier molecular flexibility index (Phi) is 3.10. The number of hydrogen-bond acceptors (Lipinski definition) is 7. The number of nitrogens with zero attached hydrogens (tertiary/aromatic N) is 7. The summed E-state index contributed by atoms with van der Waals surface area (Å²) in [5.74, 6) is 6.43. The van der Waals surface area contributed by atoms with Gasteiger partial charge in [-0.2, -0.15) is 25.1 Å². The second-order valence-corrected chi connectivity index (χ2v) is 4.56. The molecule has 0 bridgehead atoms. The average molecular weight is 285 g/mol. The SMILES string of the molecule is Cc1nn(-c2nc(NN)nc(-n3cccn3)n2)c(C)c1C. The molecular weight excluding hydrogens is 270 g/mol. The highest BCUT2D eigenvalue weighted by atomic mass is 15.4. The highest BCUT2D eigenvalue weighted by Crippen LogP contribution is 2.15. The third kappa shape index (κ3) is 2.23. The van der Waals surface area contributed by atoms with Gasteiger partial charge in [-0.05, 0) is 32.4 Å². The van der Waals surface area contributed by atoms with Gasteiger partial charge < -0.3 is 0 Å². The van der Waals surface area contributed by atoms with Crippen molar-refractivity contribution in [3.05, 3.63) is 35.4 Å². The number of aromatic nitrogens is 7. The number of rotatable bonds is 3. The summed E-state index contributed by atoms with van der Waals surface area (Å²) in [6, 6.07) is 1.78. The van der Waals surface area contributed by atoms with Crippen LogP contribution in [0.25, 0.3) is 11.9 Å². The third-order valence-electron chi connectivity index (χ3n) is 3.29. The topological polar surface area (TPSA) is 112 Å². The van der Waals surface area contributed by atoms with Crippen molar-refractivity contribution in [1.29, 1.82) is 0 Å². The maximum Gasteiger partial charge on any atom is 0.257 e. The van der Waals surface area contributed by atoms with Crippen molar-refractivity contribution in [2.75, 3.05) is 5.43 Å². The molecule has 0 saturated heterocycles. The summed E-state index contributed by atoms with van der Waals surface area (Å²) >= 11 is 0. The maximum absolute atomic E-state index is 5.43. The van der Waals surface area contributed by atoms with E-state index in [0.29, 0.717) is 11.9 Å². The Labute approximate surface area is 120 Å². The van der Waals surface area contributed by atoms with Crippen LogP contribution in [0.5, 0.6) is 0 Å². The van der Waals surface area contributed by atoms with Crippen LogP contribution in [0.4, 0.5) is 5.95 Å². The average Bonchev–Trinajstić information content (AvgIpc) is 3.12. The second kappa shape index (κ2) is 4.94. The van der Waals surface area contributed by atoms with E-state index in [1.165, 1.54) is 4.68 Å². The van der Waals surface area contributed by atoms with Crippen LogP contribution >= 0.6 is 0 Å². The maximum atomic E-state index is 5.43. The molecule has 0 unspecified atom stereocenters. The molecule has 0 radical (unpaired) electrons.